The smallest absolute Gasteiger partial charge is 0.314 e. The van der Waals surface area contributed by atoms with Gasteiger partial charge < -0.3 is 4.74 Å². The third-order valence-electron chi connectivity index (χ3n) is 9.78. The Bertz CT molecular complexity index is 2170. The maximum atomic E-state index is 14.2. The molecule has 46 heavy (non-hydrogen) atoms. The van der Waals surface area contributed by atoms with Gasteiger partial charge in [-0.25, -0.2) is 4.39 Å². The molecule has 1 unspecified atom stereocenters. The maximum absolute atomic E-state index is 14.2. The van der Waals surface area contributed by atoms with E-state index in [0.29, 0.717) is 5.56 Å². The van der Waals surface area contributed by atoms with Gasteiger partial charge in [0.1, 0.15) is 11.6 Å². The number of aromatic nitrogens is 3. The highest BCUT2D eigenvalue weighted by Crippen LogP contribution is 2.60. The summed E-state index contributed by atoms with van der Waals surface area (Å²) in [5.74, 6) is 0.283. The number of benzene rings is 5. The second-order valence-electron chi connectivity index (χ2n) is 11.8. The zero-order chi connectivity index (χ0) is 31.6. The third kappa shape index (κ3) is 3.97. The predicted molar refractivity (Wildman–Crippen MR) is 173 cm³/mol. The summed E-state index contributed by atoms with van der Waals surface area (Å²) in [7, 11) is 0. The van der Waals surface area contributed by atoms with Crippen molar-refractivity contribution >= 4 is 16.8 Å². The zero-order valence-electron chi connectivity index (χ0n) is 25.2. The van der Waals surface area contributed by atoms with E-state index in [4.69, 9.17) is 4.74 Å². The minimum Gasteiger partial charge on any atom is -0.472 e. The summed E-state index contributed by atoms with van der Waals surface area (Å²) >= 11 is 0. The normalized spacial score (nSPS) is 17.3. The van der Waals surface area contributed by atoms with Gasteiger partial charge in [-0.15, -0.1) is 0 Å². The SMILES string of the molecule is CCC1(CC)c2ccccc2-c2c1c1c(c3ccccc23)OC(c2ccc(F)cc2)(c2ccc(-c3nc(F)nc(F)n3)cc2)C=C1. The lowest BCUT2D eigenvalue weighted by atomic mass is 9.71. The van der Waals surface area contributed by atoms with Crippen molar-refractivity contribution in [1.29, 1.82) is 0 Å². The van der Waals surface area contributed by atoms with E-state index in [1.165, 1.54) is 34.4 Å². The molecule has 1 aliphatic carbocycles. The molecule has 6 aromatic rings. The summed E-state index contributed by atoms with van der Waals surface area (Å²) in [5.41, 5.74) is 6.69. The van der Waals surface area contributed by atoms with Crippen LogP contribution in [0.25, 0.3) is 39.4 Å². The molecule has 8 rings (SSSR count). The van der Waals surface area contributed by atoms with E-state index in [1.807, 2.05) is 24.3 Å². The molecule has 0 saturated heterocycles. The van der Waals surface area contributed by atoms with Gasteiger partial charge in [-0.3, -0.25) is 0 Å². The Hall–Kier alpha value is -5.30. The first-order valence-corrected chi connectivity index (χ1v) is 15.4. The first kappa shape index (κ1) is 28.2. The molecule has 4 nitrogen and oxygen atoms in total. The second-order valence-corrected chi connectivity index (χ2v) is 11.8. The van der Waals surface area contributed by atoms with Crippen LogP contribution in [-0.2, 0) is 11.0 Å². The summed E-state index contributed by atoms with van der Waals surface area (Å²) in [5, 5.41) is 2.10. The summed E-state index contributed by atoms with van der Waals surface area (Å²) in [6.07, 6.45) is 3.66. The molecule has 0 saturated carbocycles. The fourth-order valence-corrected chi connectivity index (χ4v) is 7.60. The highest BCUT2D eigenvalue weighted by atomic mass is 19.1. The molecule has 5 aromatic carbocycles. The molecule has 0 fully saturated rings. The Morgan fingerprint density at radius 1 is 0.674 bits per heavy atom. The second kappa shape index (κ2) is 10.4. The van der Waals surface area contributed by atoms with E-state index in [-0.39, 0.29) is 17.1 Å². The molecule has 1 aromatic heterocycles. The third-order valence-corrected chi connectivity index (χ3v) is 9.78. The van der Waals surface area contributed by atoms with Gasteiger partial charge in [0.15, 0.2) is 11.4 Å². The maximum Gasteiger partial charge on any atom is 0.314 e. The molecule has 1 atom stereocenters. The Balaban J connectivity index is 1.38. The van der Waals surface area contributed by atoms with Crippen molar-refractivity contribution in [1.82, 2.24) is 15.0 Å². The van der Waals surface area contributed by atoms with Crippen molar-refractivity contribution in [2.45, 2.75) is 37.7 Å². The Morgan fingerprint density at radius 3 is 1.96 bits per heavy atom. The van der Waals surface area contributed by atoms with Crippen molar-refractivity contribution in [3.05, 3.63) is 149 Å². The summed E-state index contributed by atoms with van der Waals surface area (Å²) < 4.78 is 49.1. The van der Waals surface area contributed by atoms with Crippen LogP contribution in [0.3, 0.4) is 0 Å². The molecule has 0 amide bonds. The molecule has 2 aliphatic rings. The van der Waals surface area contributed by atoms with E-state index < -0.39 is 17.8 Å². The van der Waals surface area contributed by atoms with E-state index in [0.717, 1.165) is 46.1 Å². The molecule has 0 N–H and O–H groups in total. The highest BCUT2D eigenvalue weighted by molar-refractivity contribution is 6.08. The number of fused-ring (bicyclic) bond motifs is 8. The Labute approximate surface area is 264 Å². The van der Waals surface area contributed by atoms with Gasteiger partial charge in [-0.2, -0.15) is 23.7 Å². The van der Waals surface area contributed by atoms with Crippen LogP contribution in [-0.4, -0.2) is 15.0 Å². The van der Waals surface area contributed by atoms with E-state index in [2.05, 4.69) is 77.3 Å². The molecule has 0 radical (unpaired) electrons. The van der Waals surface area contributed by atoms with Crippen LogP contribution in [0.1, 0.15) is 54.5 Å². The molecule has 1 aliphatic heterocycles. The Morgan fingerprint density at radius 2 is 1.28 bits per heavy atom. The van der Waals surface area contributed by atoms with Crippen LogP contribution < -0.4 is 4.74 Å². The summed E-state index contributed by atoms with van der Waals surface area (Å²) in [6.45, 7) is 4.50. The lowest BCUT2D eigenvalue weighted by Crippen LogP contribution is -2.35. The monoisotopic (exact) mass is 611 g/mol. The lowest BCUT2D eigenvalue weighted by molar-refractivity contribution is 0.163. The van der Waals surface area contributed by atoms with Gasteiger partial charge >= 0.3 is 12.2 Å². The van der Waals surface area contributed by atoms with Crippen molar-refractivity contribution in [2.75, 3.05) is 0 Å². The van der Waals surface area contributed by atoms with Crippen molar-refractivity contribution in [3.63, 3.8) is 0 Å². The van der Waals surface area contributed by atoms with Gasteiger partial charge in [0, 0.05) is 33.1 Å². The quantitative estimate of drug-likeness (QED) is 0.195. The van der Waals surface area contributed by atoms with Crippen molar-refractivity contribution < 1.29 is 17.9 Å². The van der Waals surface area contributed by atoms with Gasteiger partial charge in [0.25, 0.3) is 0 Å². The molecule has 7 heteroatoms. The molecule has 0 spiro atoms. The fourth-order valence-electron chi connectivity index (χ4n) is 7.60. The molecule has 226 valence electrons. The first-order valence-electron chi connectivity index (χ1n) is 15.4. The standard InChI is InChI=1S/C39H28F3N3O/c1-3-38(4-2)31-12-8-7-11-29(31)32-27-9-5-6-10-28(27)34-30(33(32)38)21-22-39(46-34,25-17-19-26(40)20-18-25)24-15-13-23(14-16-24)35-43-36(41)45-37(42)44-35/h5-22H,3-4H2,1-2H3. The molecule has 2 heterocycles. The summed E-state index contributed by atoms with van der Waals surface area (Å²) in [4.78, 5) is 10.3. The number of rotatable bonds is 5. The van der Waals surface area contributed by atoms with Crippen LogP contribution in [0.2, 0.25) is 0 Å². The van der Waals surface area contributed by atoms with Crippen molar-refractivity contribution in [3.8, 4) is 28.3 Å². The number of hydrogen-bond acceptors (Lipinski definition) is 4. The highest BCUT2D eigenvalue weighted by Gasteiger charge is 2.46. The molecule has 0 bridgehead atoms. The largest absolute Gasteiger partial charge is 0.472 e. The number of halogens is 3. The van der Waals surface area contributed by atoms with E-state index in [9.17, 15) is 13.2 Å². The van der Waals surface area contributed by atoms with Crippen LogP contribution in [0.15, 0.2) is 103 Å². The van der Waals surface area contributed by atoms with E-state index >= 15 is 0 Å². The van der Waals surface area contributed by atoms with Crippen LogP contribution in [0.4, 0.5) is 13.2 Å². The number of nitrogens with zero attached hydrogens (tertiary/aromatic N) is 3. The average Bonchev–Trinajstić information content (AvgIpc) is 3.39. The van der Waals surface area contributed by atoms with Crippen LogP contribution in [0.5, 0.6) is 5.75 Å². The fraction of sp³-hybridized carbons (Fsp3) is 0.154. The number of ether oxygens (including phenoxy) is 1. The van der Waals surface area contributed by atoms with Gasteiger partial charge in [0.05, 0.1) is 0 Å². The minimum absolute atomic E-state index is 0.116. The van der Waals surface area contributed by atoms with E-state index in [1.54, 1.807) is 24.3 Å². The average molecular weight is 612 g/mol. The zero-order valence-corrected chi connectivity index (χ0v) is 25.2. The predicted octanol–water partition coefficient (Wildman–Crippen LogP) is 9.54. The topological polar surface area (TPSA) is 47.9 Å². The lowest BCUT2D eigenvalue weighted by Gasteiger charge is -2.39. The molecular weight excluding hydrogens is 583 g/mol. The van der Waals surface area contributed by atoms with Crippen molar-refractivity contribution in [2.24, 2.45) is 0 Å². The van der Waals surface area contributed by atoms with Gasteiger partial charge in [0.2, 0.25) is 0 Å². The van der Waals surface area contributed by atoms with Crippen LogP contribution >= 0.6 is 0 Å². The minimum atomic E-state index is -1.19. The summed E-state index contributed by atoms with van der Waals surface area (Å²) in [6, 6.07) is 30.4. The van der Waals surface area contributed by atoms with Gasteiger partial charge in [-0.05, 0) is 58.7 Å². The Kier molecular flexibility index (Phi) is 6.36. The van der Waals surface area contributed by atoms with Gasteiger partial charge in [-0.1, -0.05) is 105 Å². The van der Waals surface area contributed by atoms with Crippen LogP contribution in [0, 0.1) is 18.0 Å². The molecular formula is C39H28F3N3O. The first-order chi connectivity index (χ1) is 22.4. The number of hydrogen-bond donors (Lipinski definition) is 0.